The Morgan fingerprint density at radius 2 is 2.14 bits per heavy atom. The molecule has 118 valence electrons. The minimum Gasteiger partial charge on any atom is -0.409 e. The highest BCUT2D eigenvalue weighted by Crippen LogP contribution is 2.22. The standard InChI is InChI=1S/C9H16N6O4S2/c1-4-9(3,6(10)14-17)15-21(18,19)8-13-12-7(20-8)11-5(2)16/h15,17H,4H2,1-3H3,(H2,10,14)(H,11,12,16). The van der Waals surface area contributed by atoms with E-state index in [0.29, 0.717) is 11.3 Å². The van der Waals surface area contributed by atoms with Gasteiger partial charge in [-0.3, -0.25) is 4.79 Å². The minimum atomic E-state index is -4.03. The Labute approximate surface area is 125 Å². The number of oxime groups is 1. The van der Waals surface area contributed by atoms with Gasteiger partial charge in [-0.2, -0.15) is 4.72 Å². The van der Waals surface area contributed by atoms with Gasteiger partial charge in [0, 0.05) is 6.92 Å². The van der Waals surface area contributed by atoms with Gasteiger partial charge in [0.15, 0.2) is 5.84 Å². The first kappa shape index (κ1) is 17.3. The zero-order valence-electron chi connectivity index (χ0n) is 11.6. The number of amidine groups is 1. The van der Waals surface area contributed by atoms with E-state index in [2.05, 4.69) is 25.4 Å². The maximum absolute atomic E-state index is 12.2. The van der Waals surface area contributed by atoms with Gasteiger partial charge < -0.3 is 16.3 Å². The predicted octanol–water partition coefficient (Wildman–Crippen LogP) is -0.310. The molecule has 0 saturated heterocycles. The normalized spacial score (nSPS) is 15.5. The van der Waals surface area contributed by atoms with Gasteiger partial charge in [0.2, 0.25) is 15.4 Å². The molecular formula is C9H16N6O4S2. The van der Waals surface area contributed by atoms with E-state index < -0.39 is 21.5 Å². The van der Waals surface area contributed by atoms with Crippen molar-refractivity contribution >= 4 is 38.2 Å². The van der Waals surface area contributed by atoms with Crippen molar-refractivity contribution in [3.05, 3.63) is 0 Å². The number of nitrogens with zero attached hydrogens (tertiary/aromatic N) is 3. The smallest absolute Gasteiger partial charge is 0.270 e. The fraction of sp³-hybridized carbons (Fsp3) is 0.556. The van der Waals surface area contributed by atoms with Crippen LogP contribution in [0.5, 0.6) is 0 Å². The first-order valence-electron chi connectivity index (χ1n) is 5.77. The highest BCUT2D eigenvalue weighted by atomic mass is 32.2. The molecule has 0 aliphatic carbocycles. The van der Waals surface area contributed by atoms with Crippen LogP contribution >= 0.6 is 11.3 Å². The number of amides is 1. The van der Waals surface area contributed by atoms with Crippen LogP contribution < -0.4 is 15.8 Å². The predicted molar refractivity (Wildman–Crippen MR) is 76.6 cm³/mol. The van der Waals surface area contributed by atoms with Gasteiger partial charge >= 0.3 is 0 Å². The largest absolute Gasteiger partial charge is 0.409 e. The summed E-state index contributed by atoms with van der Waals surface area (Å²) in [6.45, 7) is 4.40. The summed E-state index contributed by atoms with van der Waals surface area (Å²) >= 11 is 0.691. The van der Waals surface area contributed by atoms with Crippen molar-refractivity contribution in [2.75, 3.05) is 5.32 Å². The fourth-order valence-electron chi connectivity index (χ4n) is 1.28. The second kappa shape index (κ2) is 6.32. The summed E-state index contributed by atoms with van der Waals surface area (Å²) in [5, 5.41) is 21.0. The van der Waals surface area contributed by atoms with Gasteiger partial charge in [0.05, 0.1) is 5.54 Å². The van der Waals surface area contributed by atoms with Gasteiger partial charge in [-0.05, 0) is 13.3 Å². The molecule has 1 atom stereocenters. The van der Waals surface area contributed by atoms with Crippen molar-refractivity contribution in [1.29, 1.82) is 0 Å². The van der Waals surface area contributed by atoms with Crippen LogP contribution in [0.3, 0.4) is 0 Å². The summed E-state index contributed by atoms with van der Waals surface area (Å²) in [7, 11) is -4.03. The summed E-state index contributed by atoms with van der Waals surface area (Å²) in [4.78, 5) is 10.9. The van der Waals surface area contributed by atoms with Crippen LogP contribution in [0.15, 0.2) is 9.50 Å². The molecule has 1 aromatic rings. The lowest BCUT2D eigenvalue weighted by molar-refractivity contribution is -0.114. The van der Waals surface area contributed by atoms with E-state index in [4.69, 9.17) is 10.9 Å². The van der Waals surface area contributed by atoms with E-state index in [-0.39, 0.29) is 21.7 Å². The zero-order valence-corrected chi connectivity index (χ0v) is 13.2. The molecule has 0 fully saturated rings. The van der Waals surface area contributed by atoms with E-state index in [0.717, 1.165) is 0 Å². The second-order valence-corrected chi connectivity index (χ2v) is 7.16. The monoisotopic (exact) mass is 336 g/mol. The average molecular weight is 336 g/mol. The van der Waals surface area contributed by atoms with Crippen LogP contribution in [0.1, 0.15) is 27.2 Å². The summed E-state index contributed by atoms with van der Waals surface area (Å²) in [6, 6.07) is 0. The molecule has 1 heterocycles. The topological polar surface area (TPSA) is 160 Å². The molecular weight excluding hydrogens is 320 g/mol. The number of sulfonamides is 1. The Hall–Kier alpha value is -1.79. The lowest BCUT2D eigenvalue weighted by Gasteiger charge is -2.26. The van der Waals surface area contributed by atoms with E-state index in [1.54, 1.807) is 6.92 Å². The van der Waals surface area contributed by atoms with E-state index in [1.165, 1.54) is 13.8 Å². The number of carbonyl (C=O) groups excluding carboxylic acids is 1. The van der Waals surface area contributed by atoms with Crippen molar-refractivity contribution in [2.24, 2.45) is 10.9 Å². The number of hydrogen-bond acceptors (Lipinski definition) is 8. The number of aromatic nitrogens is 2. The molecule has 0 aliphatic rings. The molecule has 0 bridgehead atoms. The Morgan fingerprint density at radius 3 is 2.62 bits per heavy atom. The summed E-state index contributed by atoms with van der Waals surface area (Å²) in [6.07, 6.45) is 0.249. The maximum Gasteiger partial charge on any atom is 0.270 e. The molecule has 10 nitrogen and oxygen atoms in total. The van der Waals surface area contributed by atoms with Crippen LogP contribution in [0.4, 0.5) is 5.13 Å². The van der Waals surface area contributed by atoms with Gasteiger partial charge in [-0.15, -0.1) is 10.2 Å². The van der Waals surface area contributed by atoms with Crippen LogP contribution in [-0.2, 0) is 14.8 Å². The Bertz CT molecular complexity index is 655. The molecule has 0 radical (unpaired) electrons. The summed E-state index contributed by atoms with van der Waals surface area (Å²) in [5.74, 6) is -0.668. The van der Waals surface area contributed by atoms with Crippen LogP contribution in [0.2, 0.25) is 0 Å². The first-order valence-corrected chi connectivity index (χ1v) is 8.07. The lowest BCUT2D eigenvalue weighted by atomic mass is 10.00. The Morgan fingerprint density at radius 1 is 1.52 bits per heavy atom. The molecule has 5 N–H and O–H groups in total. The lowest BCUT2D eigenvalue weighted by Crippen LogP contribution is -2.54. The number of nitrogens with two attached hydrogens (primary N) is 1. The van der Waals surface area contributed by atoms with Gasteiger partial charge in [-0.1, -0.05) is 23.4 Å². The molecule has 1 aromatic heterocycles. The average Bonchev–Trinajstić information content (AvgIpc) is 2.85. The second-order valence-electron chi connectivity index (χ2n) is 4.33. The fourth-order valence-corrected chi connectivity index (χ4v) is 3.68. The summed E-state index contributed by atoms with van der Waals surface area (Å²) < 4.78 is 26.4. The quantitative estimate of drug-likeness (QED) is 0.182. The molecule has 0 aromatic carbocycles. The third-order valence-corrected chi connectivity index (χ3v) is 5.46. The zero-order chi connectivity index (χ0) is 16.3. The minimum absolute atomic E-state index is 0.0601. The number of hydrogen-bond donors (Lipinski definition) is 4. The molecule has 1 unspecified atom stereocenters. The molecule has 12 heteroatoms. The van der Waals surface area contributed by atoms with E-state index in [1.807, 2.05) is 0 Å². The van der Waals surface area contributed by atoms with Crippen LogP contribution in [0, 0.1) is 0 Å². The van der Waals surface area contributed by atoms with Crippen molar-refractivity contribution in [3.8, 4) is 0 Å². The molecule has 1 amide bonds. The number of carbonyl (C=O) groups is 1. The Kier molecular flexibility index (Phi) is 5.20. The van der Waals surface area contributed by atoms with E-state index >= 15 is 0 Å². The summed E-state index contributed by atoms with van der Waals surface area (Å²) in [5.41, 5.74) is 4.23. The van der Waals surface area contributed by atoms with Crippen LogP contribution in [-0.4, -0.2) is 41.1 Å². The number of rotatable bonds is 6. The molecule has 0 spiro atoms. The van der Waals surface area contributed by atoms with Crippen molar-refractivity contribution in [2.45, 2.75) is 37.1 Å². The van der Waals surface area contributed by atoms with Gasteiger partial charge in [0.25, 0.3) is 10.0 Å². The molecule has 1 rings (SSSR count). The number of anilines is 1. The highest BCUT2D eigenvalue weighted by Gasteiger charge is 2.35. The molecule has 21 heavy (non-hydrogen) atoms. The SMILES string of the molecule is CCC(C)(NS(=O)(=O)c1nnc(NC(C)=O)s1)C(N)=NO. The number of nitrogens with one attached hydrogen (secondary N) is 2. The Balaban J connectivity index is 3.06. The molecule has 0 saturated carbocycles. The van der Waals surface area contributed by atoms with Crippen LogP contribution in [0.25, 0.3) is 0 Å². The van der Waals surface area contributed by atoms with Crippen molar-refractivity contribution in [1.82, 2.24) is 14.9 Å². The maximum atomic E-state index is 12.2. The van der Waals surface area contributed by atoms with Gasteiger partial charge in [0.1, 0.15) is 0 Å². The van der Waals surface area contributed by atoms with Crippen molar-refractivity contribution < 1.29 is 18.4 Å². The molecule has 0 aliphatic heterocycles. The van der Waals surface area contributed by atoms with Gasteiger partial charge in [-0.25, -0.2) is 8.42 Å². The highest BCUT2D eigenvalue weighted by molar-refractivity contribution is 7.91. The third-order valence-electron chi connectivity index (χ3n) is 2.66. The van der Waals surface area contributed by atoms with E-state index in [9.17, 15) is 13.2 Å². The van der Waals surface area contributed by atoms with Crippen molar-refractivity contribution in [3.63, 3.8) is 0 Å². The first-order chi connectivity index (χ1) is 9.64. The third kappa shape index (κ3) is 4.09.